The molecule has 0 aromatic carbocycles. The number of nitrogens with zero attached hydrogens (tertiary/aromatic N) is 3. The zero-order valence-corrected chi connectivity index (χ0v) is 22.1. The van der Waals surface area contributed by atoms with Gasteiger partial charge in [0, 0.05) is 32.5 Å². The van der Waals surface area contributed by atoms with Crippen molar-refractivity contribution >= 4 is 35.0 Å². The van der Waals surface area contributed by atoms with Gasteiger partial charge in [0.15, 0.2) is 0 Å². The maximum atomic E-state index is 12.6. The molecule has 194 valence electrons. The third kappa shape index (κ3) is 8.20. The molecule has 1 atom stereocenters. The van der Waals surface area contributed by atoms with E-state index >= 15 is 0 Å². The van der Waals surface area contributed by atoms with Crippen LogP contribution in [-0.4, -0.2) is 65.4 Å². The molecule has 0 spiro atoms. The van der Waals surface area contributed by atoms with Gasteiger partial charge in [0.25, 0.3) is 0 Å². The number of ether oxygens (including phenoxy) is 3. The van der Waals surface area contributed by atoms with Crippen molar-refractivity contribution in [3.05, 3.63) is 52.9 Å². The Bertz CT molecular complexity index is 1100. The average Bonchev–Trinajstić information content (AvgIpc) is 2.81. The van der Waals surface area contributed by atoms with Crippen molar-refractivity contribution in [1.82, 2.24) is 14.9 Å². The Hall–Kier alpha value is -3.17. The van der Waals surface area contributed by atoms with Gasteiger partial charge in [-0.3, -0.25) is 9.78 Å². The van der Waals surface area contributed by atoms with E-state index < -0.39 is 5.60 Å². The number of anilines is 1. The number of hydrogen-bond acceptors (Lipinski definition) is 7. The predicted molar refractivity (Wildman–Crippen MR) is 138 cm³/mol. The van der Waals surface area contributed by atoms with Gasteiger partial charge in [0.1, 0.15) is 28.3 Å². The predicted octanol–water partition coefficient (Wildman–Crippen LogP) is 4.75. The minimum Gasteiger partial charge on any atom is -0.487 e. The molecule has 1 aliphatic heterocycles. The van der Waals surface area contributed by atoms with Gasteiger partial charge in [-0.05, 0) is 51.3 Å². The van der Waals surface area contributed by atoms with Gasteiger partial charge in [-0.25, -0.2) is 9.78 Å². The van der Waals surface area contributed by atoms with E-state index in [1.807, 2.05) is 45.9 Å². The Morgan fingerprint density at radius 3 is 2.61 bits per heavy atom. The zero-order valence-electron chi connectivity index (χ0n) is 21.3. The summed E-state index contributed by atoms with van der Waals surface area (Å²) in [5.74, 6) is 0.527. The van der Waals surface area contributed by atoms with Crippen LogP contribution in [0.2, 0.25) is 5.02 Å². The second-order valence-corrected chi connectivity index (χ2v) is 9.97. The second kappa shape index (κ2) is 12.2. The fourth-order valence-corrected chi connectivity index (χ4v) is 3.70. The monoisotopic (exact) mass is 516 g/mol. The third-order valence-corrected chi connectivity index (χ3v) is 5.48. The SMILES string of the molecule is COC[C@H](C)Oc1cc(NC(=O)Cc2ccc(C3=CCN(C(=O)OC(C)(C)C)CC3)nc2)ncc1Cl. The smallest absolute Gasteiger partial charge is 0.410 e. The molecule has 2 amide bonds. The summed E-state index contributed by atoms with van der Waals surface area (Å²) in [7, 11) is 1.59. The quantitative estimate of drug-likeness (QED) is 0.540. The molecule has 0 fully saturated rings. The lowest BCUT2D eigenvalue weighted by atomic mass is 10.0. The molecule has 0 saturated carbocycles. The Kier molecular flexibility index (Phi) is 9.28. The molecule has 9 nitrogen and oxygen atoms in total. The van der Waals surface area contributed by atoms with Crippen molar-refractivity contribution in [3.63, 3.8) is 0 Å². The van der Waals surface area contributed by atoms with Crippen LogP contribution in [0.4, 0.5) is 10.6 Å². The molecular formula is C26H33ClN4O5. The minimum atomic E-state index is -0.521. The van der Waals surface area contributed by atoms with Crippen LogP contribution in [0.1, 0.15) is 45.4 Å². The fourth-order valence-electron chi connectivity index (χ4n) is 3.55. The molecular weight excluding hydrogens is 484 g/mol. The highest BCUT2D eigenvalue weighted by molar-refractivity contribution is 6.32. The normalized spacial score (nSPS) is 14.6. The molecule has 0 bridgehead atoms. The number of aromatic nitrogens is 2. The van der Waals surface area contributed by atoms with E-state index in [1.165, 1.54) is 6.20 Å². The Morgan fingerprint density at radius 2 is 2.00 bits per heavy atom. The van der Waals surface area contributed by atoms with Crippen LogP contribution in [0.15, 0.2) is 36.7 Å². The van der Waals surface area contributed by atoms with E-state index in [4.69, 9.17) is 25.8 Å². The molecule has 36 heavy (non-hydrogen) atoms. The summed E-state index contributed by atoms with van der Waals surface area (Å²) in [5.41, 5.74) is 2.13. The highest BCUT2D eigenvalue weighted by Gasteiger charge is 2.24. The van der Waals surface area contributed by atoms with Gasteiger partial charge in [-0.15, -0.1) is 0 Å². The van der Waals surface area contributed by atoms with Gasteiger partial charge in [-0.1, -0.05) is 23.7 Å². The van der Waals surface area contributed by atoms with Crippen LogP contribution in [0.5, 0.6) is 5.75 Å². The maximum Gasteiger partial charge on any atom is 0.410 e. The topological polar surface area (TPSA) is 103 Å². The van der Waals surface area contributed by atoms with E-state index in [2.05, 4.69) is 15.3 Å². The number of rotatable bonds is 8. The van der Waals surface area contributed by atoms with Gasteiger partial charge >= 0.3 is 6.09 Å². The van der Waals surface area contributed by atoms with Crippen molar-refractivity contribution < 1.29 is 23.8 Å². The number of hydrogen-bond donors (Lipinski definition) is 1. The lowest BCUT2D eigenvalue weighted by molar-refractivity contribution is -0.115. The third-order valence-electron chi connectivity index (χ3n) is 5.20. The van der Waals surface area contributed by atoms with E-state index in [0.717, 1.165) is 16.8 Å². The van der Waals surface area contributed by atoms with E-state index in [1.54, 1.807) is 24.3 Å². The Balaban J connectivity index is 1.55. The van der Waals surface area contributed by atoms with E-state index in [0.29, 0.717) is 42.7 Å². The lowest BCUT2D eigenvalue weighted by Gasteiger charge is -2.29. The number of carbonyl (C=O) groups is 2. The van der Waals surface area contributed by atoms with Crippen molar-refractivity contribution in [1.29, 1.82) is 0 Å². The van der Waals surface area contributed by atoms with Crippen molar-refractivity contribution in [2.24, 2.45) is 0 Å². The number of amides is 2. The first-order valence-corrected chi connectivity index (χ1v) is 12.1. The van der Waals surface area contributed by atoms with Gasteiger partial charge in [0.05, 0.1) is 24.9 Å². The van der Waals surface area contributed by atoms with Gasteiger partial charge < -0.3 is 24.4 Å². The molecule has 3 rings (SSSR count). The molecule has 0 aliphatic carbocycles. The number of halogens is 1. The standard InChI is InChI=1S/C26H33ClN4O5/c1-17(16-34-5)35-22-13-23(29-15-20(22)27)30-24(32)12-18-6-7-21(28-14-18)19-8-10-31(11-9-19)25(33)36-26(2,3)4/h6-8,13-15,17H,9-12,16H2,1-5H3,(H,29,30,32)/t17-/m0/s1. The van der Waals surface area contributed by atoms with Crippen LogP contribution < -0.4 is 10.1 Å². The number of carbonyl (C=O) groups excluding carboxylic acids is 2. The van der Waals surface area contributed by atoms with Crippen LogP contribution in [-0.2, 0) is 20.7 Å². The Labute approximate surface area is 216 Å². The highest BCUT2D eigenvalue weighted by atomic mass is 35.5. The summed E-state index contributed by atoms with van der Waals surface area (Å²) in [6, 6.07) is 5.35. The zero-order chi connectivity index (χ0) is 26.3. The maximum absolute atomic E-state index is 12.6. The largest absolute Gasteiger partial charge is 0.487 e. The first kappa shape index (κ1) is 27.4. The molecule has 0 saturated heterocycles. The molecule has 2 aromatic heterocycles. The molecule has 2 aromatic rings. The summed E-state index contributed by atoms with van der Waals surface area (Å²) in [6.07, 6.45) is 5.41. The number of nitrogens with one attached hydrogen (secondary N) is 1. The van der Waals surface area contributed by atoms with Crippen LogP contribution in [0, 0.1) is 0 Å². The molecule has 1 N–H and O–H groups in total. The lowest BCUT2D eigenvalue weighted by Crippen LogP contribution is -2.39. The molecule has 10 heteroatoms. The van der Waals surface area contributed by atoms with Gasteiger partial charge in [0.2, 0.25) is 5.91 Å². The van der Waals surface area contributed by atoms with E-state index in [9.17, 15) is 9.59 Å². The molecule has 3 heterocycles. The summed E-state index contributed by atoms with van der Waals surface area (Å²) >= 11 is 6.16. The second-order valence-electron chi connectivity index (χ2n) is 9.57. The molecule has 0 radical (unpaired) electrons. The molecule has 1 aliphatic rings. The average molecular weight is 517 g/mol. The van der Waals surface area contributed by atoms with Crippen LogP contribution >= 0.6 is 11.6 Å². The molecule has 0 unspecified atom stereocenters. The Morgan fingerprint density at radius 1 is 1.22 bits per heavy atom. The van der Waals surface area contributed by atoms with Crippen molar-refractivity contribution in [2.75, 3.05) is 32.1 Å². The summed E-state index contributed by atoms with van der Waals surface area (Å²) in [6.45, 7) is 8.85. The first-order valence-electron chi connectivity index (χ1n) is 11.8. The van der Waals surface area contributed by atoms with Crippen molar-refractivity contribution in [2.45, 2.75) is 52.2 Å². The first-order chi connectivity index (χ1) is 17.0. The number of pyridine rings is 2. The minimum absolute atomic E-state index is 0.138. The van der Waals surface area contributed by atoms with Crippen LogP contribution in [0.3, 0.4) is 0 Å². The van der Waals surface area contributed by atoms with Crippen molar-refractivity contribution in [3.8, 4) is 5.75 Å². The van der Waals surface area contributed by atoms with Crippen LogP contribution in [0.25, 0.3) is 5.57 Å². The summed E-state index contributed by atoms with van der Waals surface area (Å²) < 4.78 is 16.2. The van der Waals surface area contributed by atoms with E-state index in [-0.39, 0.29) is 24.5 Å². The fraction of sp³-hybridized carbons (Fsp3) is 0.462. The number of methoxy groups -OCH3 is 1. The summed E-state index contributed by atoms with van der Waals surface area (Å²) in [4.78, 5) is 35.1. The van der Waals surface area contributed by atoms with Gasteiger partial charge in [-0.2, -0.15) is 0 Å². The summed E-state index contributed by atoms with van der Waals surface area (Å²) in [5, 5.41) is 3.11. The highest BCUT2D eigenvalue weighted by Crippen LogP contribution is 2.27.